The molecule has 6 heteroatoms. The average Bonchev–Trinajstić information content (AvgIpc) is 2.93. The molecule has 0 unspecified atom stereocenters. The highest BCUT2D eigenvalue weighted by Crippen LogP contribution is 2.41. The van der Waals surface area contributed by atoms with E-state index >= 15 is 0 Å². The summed E-state index contributed by atoms with van der Waals surface area (Å²) < 4.78 is 7.38. The van der Waals surface area contributed by atoms with E-state index in [2.05, 4.69) is 32.3 Å². The normalized spacial score (nSPS) is 15.2. The molecule has 1 saturated carbocycles. The molecule has 4 nitrogen and oxygen atoms in total. The maximum atomic E-state index is 5.08. The molecule has 0 aliphatic heterocycles. The fourth-order valence-corrected chi connectivity index (χ4v) is 3.44. The van der Waals surface area contributed by atoms with Gasteiger partial charge in [-0.2, -0.15) is 0 Å². The van der Waals surface area contributed by atoms with Gasteiger partial charge in [-0.15, -0.1) is 21.5 Å². The van der Waals surface area contributed by atoms with Crippen molar-refractivity contribution in [2.24, 2.45) is 0 Å². The summed E-state index contributed by atoms with van der Waals surface area (Å²) in [6.45, 7) is 0.747. The second-order valence-electron chi connectivity index (χ2n) is 4.23. The number of ether oxygens (including phenoxy) is 1. The fraction of sp³-hybridized carbons (Fsp3) is 0.500. The predicted molar refractivity (Wildman–Crippen MR) is 74.2 cm³/mol. The van der Waals surface area contributed by atoms with Gasteiger partial charge in [-0.25, -0.2) is 0 Å². The van der Waals surface area contributed by atoms with Gasteiger partial charge in [0.05, 0.1) is 11.5 Å². The summed E-state index contributed by atoms with van der Waals surface area (Å²) >= 11 is 3.45. The minimum Gasteiger partial charge on any atom is -0.384 e. The van der Waals surface area contributed by atoms with Gasteiger partial charge in [0.25, 0.3) is 0 Å². The summed E-state index contributed by atoms with van der Waals surface area (Å²) in [5.74, 6) is 1.94. The van der Waals surface area contributed by atoms with Crippen LogP contribution in [0.1, 0.15) is 18.9 Å². The topological polar surface area (TPSA) is 39.9 Å². The Labute approximate surface area is 114 Å². The zero-order valence-corrected chi connectivity index (χ0v) is 11.8. The average molecular weight is 281 g/mol. The lowest BCUT2D eigenvalue weighted by molar-refractivity contribution is 0.218. The highest BCUT2D eigenvalue weighted by atomic mass is 32.2. The zero-order chi connectivity index (χ0) is 12.4. The monoisotopic (exact) mass is 281 g/mol. The first-order valence-electron chi connectivity index (χ1n) is 6.00. The first kappa shape index (κ1) is 12.2. The van der Waals surface area contributed by atoms with E-state index in [1.165, 1.54) is 17.7 Å². The van der Waals surface area contributed by atoms with Crippen molar-refractivity contribution in [1.29, 1.82) is 0 Å². The van der Waals surface area contributed by atoms with Gasteiger partial charge in [-0.1, -0.05) is 17.8 Å². The van der Waals surface area contributed by atoms with Crippen LogP contribution in [0.15, 0.2) is 22.7 Å². The van der Waals surface area contributed by atoms with Crippen LogP contribution in [0, 0.1) is 0 Å². The molecule has 0 N–H and O–H groups in total. The number of nitrogens with zero attached hydrogens (tertiary/aromatic N) is 3. The number of hydrogen-bond acceptors (Lipinski definition) is 5. The Bertz CT molecular complexity index is 505. The summed E-state index contributed by atoms with van der Waals surface area (Å²) in [5, 5.41) is 11.8. The highest BCUT2D eigenvalue weighted by molar-refractivity contribution is 7.99. The summed E-state index contributed by atoms with van der Waals surface area (Å²) in [6.07, 6.45) is 2.49. The van der Waals surface area contributed by atoms with Crippen molar-refractivity contribution in [2.75, 3.05) is 19.5 Å². The van der Waals surface area contributed by atoms with E-state index in [1.54, 1.807) is 30.2 Å². The molecule has 0 saturated heterocycles. The Hall–Kier alpha value is -0.850. The van der Waals surface area contributed by atoms with E-state index in [-0.39, 0.29) is 0 Å². The second kappa shape index (κ2) is 5.42. The third kappa shape index (κ3) is 2.46. The lowest BCUT2D eigenvalue weighted by atomic mass is 10.4. The number of rotatable bonds is 6. The smallest absolute Gasteiger partial charge is 0.191 e. The van der Waals surface area contributed by atoms with Crippen molar-refractivity contribution < 1.29 is 4.74 Å². The molecule has 0 radical (unpaired) electrons. The molecule has 0 atom stereocenters. The van der Waals surface area contributed by atoms with Gasteiger partial charge >= 0.3 is 0 Å². The van der Waals surface area contributed by atoms with Crippen molar-refractivity contribution in [3.63, 3.8) is 0 Å². The molecule has 2 heterocycles. The van der Waals surface area contributed by atoms with Gasteiger partial charge in [0.1, 0.15) is 0 Å². The molecular formula is C12H15N3OS2. The van der Waals surface area contributed by atoms with Crippen LogP contribution in [0.5, 0.6) is 0 Å². The predicted octanol–water partition coefficient (Wildman–Crippen LogP) is 3.08. The van der Waals surface area contributed by atoms with Gasteiger partial charge in [-0.3, -0.25) is 4.57 Å². The molecular weight excluding hydrogens is 266 g/mol. The largest absolute Gasteiger partial charge is 0.384 e. The van der Waals surface area contributed by atoms with Crippen LogP contribution < -0.4 is 0 Å². The lowest BCUT2D eigenvalue weighted by Crippen LogP contribution is -2.00. The van der Waals surface area contributed by atoms with Crippen molar-refractivity contribution in [2.45, 2.75) is 24.0 Å². The van der Waals surface area contributed by atoms with Crippen LogP contribution in [0.2, 0.25) is 0 Å². The molecule has 1 aliphatic carbocycles. The quantitative estimate of drug-likeness (QED) is 0.602. The third-order valence-corrected chi connectivity index (χ3v) is 4.61. The van der Waals surface area contributed by atoms with Crippen LogP contribution in [0.4, 0.5) is 0 Å². The van der Waals surface area contributed by atoms with E-state index in [9.17, 15) is 0 Å². The Morgan fingerprint density at radius 3 is 3.06 bits per heavy atom. The molecule has 2 aromatic rings. The van der Waals surface area contributed by atoms with Crippen LogP contribution in [-0.2, 0) is 4.74 Å². The molecule has 18 heavy (non-hydrogen) atoms. The van der Waals surface area contributed by atoms with Crippen LogP contribution >= 0.6 is 23.1 Å². The number of hydrogen-bond donors (Lipinski definition) is 0. The van der Waals surface area contributed by atoms with Crippen molar-refractivity contribution in [3.05, 3.63) is 17.5 Å². The first-order valence-corrected chi connectivity index (χ1v) is 7.87. The lowest BCUT2D eigenvalue weighted by Gasteiger charge is -2.07. The SMILES string of the molecule is COCCSc1nnc(-c2cccs2)n1C1CC1. The first-order chi connectivity index (χ1) is 8.90. The Balaban J connectivity index is 1.86. The van der Waals surface area contributed by atoms with Crippen molar-refractivity contribution >= 4 is 23.1 Å². The van der Waals surface area contributed by atoms with E-state index in [4.69, 9.17) is 4.74 Å². The second-order valence-corrected chi connectivity index (χ2v) is 6.24. The Morgan fingerprint density at radius 2 is 2.39 bits per heavy atom. The van der Waals surface area contributed by atoms with Gasteiger partial charge in [0, 0.05) is 18.9 Å². The van der Waals surface area contributed by atoms with Gasteiger partial charge in [0.15, 0.2) is 11.0 Å². The zero-order valence-electron chi connectivity index (χ0n) is 10.2. The van der Waals surface area contributed by atoms with Gasteiger partial charge < -0.3 is 4.74 Å². The Morgan fingerprint density at radius 1 is 1.50 bits per heavy atom. The van der Waals surface area contributed by atoms with Gasteiger partial charge in [0.2, 0.25) is 0 Å². The van der Waals surface area contributed by atoms with Crippen LogP contribution in [0.3, 0.4) is 0 Å². The number of thiophene rings is 1. The van der Waals surface area contributed by atoms with Crippen LogP contribution in [-0.4, -0.2) is 34.2 Å². The van der Waals surface area contributed by atoms with E-state index in [0.29, 0.717) is 6.04 Å². The maximum absolute atomic E-state index is 5.08. The summed E-state index contributed by atoms with van der Waals surface area (Å²) in [6, 6.07) is 4.77. The highest BCUT2D eigenvalue weighted by Gasteiger charge is 2.30. The van der Waals surface area contributed by atoms with E-state index in [0.717, 1.165) is 23.3 Å². The van der Waals surface area contributed by atoms with E-state index in [1.807, 2.05) is 0 Å². The summed E-state index contributed by atoms with van der Waals surface area (Å²) in [7, 11) is 1.73. The van der Waals surface area contributed by atoms with E-state index < -0.39 is 0 Å². The number of thioether (sulfide) groups is 1. The molecule has 3 rings (SSSR count). The third-order valence-electron chi connectivity index (χ3n) is 2.84. The molecule has 0 bridgehead atoms. The van der Waals surface area contributed by atoms with Crippen molar-refractivity contribution in [3.8, 4) is 10.7 Å². The molecule has 0 amide bonds. The molecule has 96 valence electrons. The summed E-state index contributed by atoms with van der Waals surface area (Å²) in [5.41, 5.74) is 0. The molecule has 1 fully saturated rings. The van der Waals surface area contributed by atoms with Gasteiger partial charge in [-0.05, 0) is 24.3 Å². The molecule has 1 aliphatic rings. The minimum absolute atomic E-state index is 0.599. The molecule has 0 aromatic carbocycles. The number of aromatic nitrogens is 3. The van der Waals surface area contributed by atoms with Crippen molar-refractivity contribution in [1.82, 2.24) is 14.8 Å². The maximum Gasteiger partial charge on any atom is 0.191 e. The Kier molecular flexibility index (Phi) is 3.67. The molecule has 0 spiro atoms. The summed E-state index contributed by atoms with van der Waals surface area (Å²) in [4.78, 5) is 1.20. The number of methoxy groups -OCH3 is 1. The standard InChI is InChI=1S/C12H15N3OS2/c1-16-6-8-18-12-14-13-11(10-3-2-7-17-10)15(12)9-4-5-9/h2-3,7,9H,4-6,8H2,1H3. The van der Waals surface area contributed by atoms with Crippen LogP contribution in [0.25, 0.3) is 10.7 Å². The fourth-order valence-electron chi connectivity index (χ4n) is 1.83. The molecule has 2 aromatic heterocycles. The minimum atomic E-state index is 0.599.